The SMILES string of the molecule is COc1ccc(C(=O)N(CCCN2CCOCC2)[C@H](C(=O)NC(C)(C)C)c2ccncc2)cc1OC. The topological polar surface area (TPSA) is 93.2 Å². The van der Waals surface area contributed by atoms with Gasteiger partial charge in [-0.1, -0.05) is 0 Å². The van der Waals surface area contributed by atoms with Crippen molar-refractivity contribution in [1.82, 2.24) is 20.1 Å². The highest BCUT2D eigenvalue weighted by Gasteiger charge is 2.34. The van der Waals surface area contributed by atoms with Crippen LogP contribution in [0.5, 0.6) is 11.5 Å². The number of carbonyl (C=O) groups is 2. The summed E-state index contributed by atoms with van der Waals surface area (Å²) in [6.45, 7) is 10.1. The molecule has 0 saturated carbocycles. The molecule has 1 atom stereocenters. The van der Waals surface area contributed by atoms with Crippen LogP contribution >= 0.6 is 0 Å². The van der Waals surface area contributed by atoms with Crippen LogP contribution < -0.4 is 14.8 Å². The number of hydrogen-bond acceptors (Lipinski definition) is 7. The predicted octanol–water partition coefficient (Wildman–Crippen LogP) is 2.92. The maximum absolute atomic E-state index is 14.0. The lowest BCUT2D eigenvalue weighted by atomic mass is 10.0. The van der Waals surface area contributed by atoms with Crippen molar-refractivity contribution in [2.24, 2.45) is 0 Å². The van der Waals surface area contributed by atoms with Crippen LogP contribution in [-0.2, 0) is 9.53 Å². The number of rotatable bonds is 10. The van der Waals surface area contributed by atoms with E-state index in [1.54, 1.807) is 54.7 Å². The fourth-order valence-corrected chi connectivity index (χ4v) is 4.23. The lowest BCUT2D eigenvalue weighted by Crippen LogP contribution is -2.50. The minimum absolute atomic E-state index is 0.242. The molecular formula is C27H38N4O5. The number of benzene rings is 1. The van der Waals surface area contributed by atoms with Gasteiger partial charge in [-0.2, -0.15) is 0 Å². The Bertz CT molecular complexity index is 1000. The van der Waals surface area contributed by atoms with E-state index in [1.165, 1.54) is 7.11 Å². The molecule has 1 saturated heterocycles. The molecule has 1 aliphatic rings. The molecule has 0 radical (unpaired) electrons. The molecule has 0 aliphatic carbocycles. The fourth-order valence-electron chi connectivity index (χ4n) is 4.23. The van der Waals surface area contributed by atoms with Gasteiger partial charge in [-0.25, -0.2) is 0 Å². The van der Waals surface area contributed by atoms with Crippen molar-refractivity contribution in [3.63, 3.8) is 0 Å². The number of morpholine rings is 1. The van der Waals surface area contributed by atoms with Gasteiger partial charge in [-0.3, -0.25) is 19.5 Å². The van der Waals surface area contributed by atoms with Gasteiger partial charge in [0.15, 0.2) is 11.5 Å². The molecule has 1 aromatic carbocycles. The van der Waals surface area contributed by atoms with Gasteiger partial charge >= 0.3 is 0 Å². The normalized spacial score (nSPS) is 15.1. The van der Waals surface area contributed by atoms with E-state index in [1.807, 2.05) is 20.8 Å². The van der Waals surface area contributed by atoms with E-state index in [2.05, 4.69) is 15.2 Å². The summed E-state index contributed by atoms with van der Waals surface area (Å²) in [5, 5.41) is 3.06. The first kappa shape index (κ1) is 27.4. The van der Waals surface area contributed by atoms with Gasteiger partial charge in [-0.15, -0.1) is 0 Å². The Kier molecular flexibility index (Phi) is 9.66. The smallest absolute Gasteiger partial charge is 0.254 e. The molecule has 1 aliphatic heterocycles. The Labute approximate surface area is 213 Å². The van der Waals surface area contributed by atoms with Crippen molar-refractivity contribution in [2.75, 3.05) is 53.6 Å². The quantitative estimate of drug-likeness (QED) is 0.538. The summed E-state index contributed by atoms with van der Waals surface area (Å²) < 4.78 is 16.2. The first-order valence-corrected chi connectivity index (χ1v) is 12.3. The van der Waals surface area contributed by atoms with E-state index in [-0.39, 0.29) is 11.8 Å². The minimum atomic E-state index is -0.822. The molecule has 1 aromatic heterocycles. The number of methoxy groups -OCH3 is 2. The van der Waals surface area contributed by atoms with Crippen molar-refractivity contribution in [1.29, 1.82) is 0 Å². The Morgan fingerprint density at radius 1 is 1.08 bits per heavy atom. The van der Waals surface area contributed by atoms with E-state index >= 15 is 0 Å². The molecule has 0 spiro atoms. The van der Waals surface area contributed by atoms with Crippen LogP contribution in [-0.4, -0.2) is 85.7 Å². The highest BCUT2D eigenvalue weighted by Crippen LogP contribution is 2.30. The van der Waals surface area contributed by atoms with E-state index in [9.17, 15) is 9.59 Å². The van der Waals surface area contributed by atoms with Gasteiger partial charge in [0.25, 0.3) is 5.91 Å². The van der Waals surface area contributed by atoms with Crippen LogP contribution in [0.25, 0.3) is 0 Å². The van der Waals surface area contributed by atoms with Gasteiger partial charge in [-0.05, 0) is 63.1 Å². The summed E-state index contributed by atoms with van der Waals surface area (Å²) in [5.74, 6) is 0.484. The fraction of sp³-hybridized carbons (Fsp3) is 0.519. The third-order valence-electron chi connectivity index (χ3n) is 5.95. The van der Waals surface area contributed by atoms with E-state index in [0.29, 0.717) is 48.8 Å². The second-order valence-electron chi connectivity index (χ2n) is 9.80. The maximum atomic E-state index is 14.0. The molecule has 1 N–H and O–H groups in total. The van der Waals surface area contributed by atoms with Crippen LogP contribution in [0, 0.1) is 0 Å². The number of aromatic nitrogens is 1. The maximum Gasteiger partial charge on any atom is 0.254 e. The van der Waals surface area contributed by atoms with Gasteiger partial charge in [0.2, 0.25) is 5.91 Å². The molecule has 9 heteroatoms. The average Bonchev–Trinajstić information content (AvgIpc) is 2.87. The molecule has 0 bridgehead atoms. The Balaban J connectivity index is 1.96. The molecule has 36 heavy (non-hydrogen) atoms. The van der Waals surface area contributed by atoms with E-state index in [4.69, 9.17) is 14.2 Å². The van der Waals surface area contributed by atoms with Gasteiger partial charge < -0.3 is 24.4 Å². The number of pyridine rings is 1. The lowest BCUT2D eigenvalue weighted by Gasteiger charge is -2.34. The van der Waals surface area contributed by atoms with Gasteiger partial charge in [0.1, 0.15) is 6.04 Å². The first-order valence-electron chi connectivity index (χ1n) is 12.3. The summed E-state index contributed by atoms with van der Waals surface area (Å²) in [4.78, 5) is 35.7. The van der Waals surface area contributed by atoms with Crippen molar-refractivity contribution in [2.45, 2.75) is 38.8 Å². The summed E-state index contributed by atoms with van der Waals surface area (Å²) >= 11 is 0. The molecule has 2 amide bonds. The third kappa shape index (κ3) is 7.41. The second-order valence-corrected chi connectivity index (χ2v) is 9.80. The number of hydrogen-bond donors (Lipinski definition) is 1. The summed E-state index contributed by atoms with van der Waals surface area (Å²) in [7, 11) is 3.08. The Hall–Kier alpha value is -3.17. The molecular weight excluding hydrogens is 460 g/mol. The van der Waals surface area contributed by atoms with E-state index < -0.39 is 11.6 Å². The first-order chi connectivity index (χ1) is 17.2. The van der Waals surface area contributed by atoms with Crippen LogP contribution in [0.3, 0.4) is 0 Å². The molecule has 9 nitrogen and oxygen atoms in total. The standard InChI is InChI=1S/C27H38N4O5/c1-27(2,3)29-25(32)24(20-9-11-28-12-10-20)31(14-6-13-30-15-17-36-18-16-30)26(33)21-7-8-22(34-4)23(19-21)35-5/h7-12,19,24H,6,13-18H2,1-5H3,(H,29,32)/t24-/m0/s1. The number of nitrogens with zero attached hydrogens (tertiary/aromatic N) is 3. The number of amides is 2. The van der Waals surface area contributed by atoms with Crippen LogP contribution in [0.15, 0.2) is 42.7 Å². The predicted molar refractivity (Wildman–Crippen MR) is 137 cm³/mol. The summed E-state index contributed by atoms with van der Waals surface area (Å²) in [6.07, 6.45) is 3.99. The van der Waals surface area contributed by atoms with Crippen molar-refractivity contribution >= 4 is 11.8 Å². The van der Waals surface area contributed by atoms with Gasteiger partial charge in [0.05, 0.1) is 27.4 Å². The highest BCUT2D eigenvalue weighted by molar-refractivity contribution is 5.98. The van der Waals surface area contributed by atoms with Crippen molar-refractivity contribution in [3.05, 3.63) is 53.9 Å². The zero-order chi connectivity index (χ0) is 26.1. The number of nitrogens with one attached hydrogen (secondary N) is 1. The van der Waals surface area contributed by atoms with E-state index in [0.717, 1.165) is 19.6 Å². The summed E-state index contributed by atoms with van der Waals surface area (Å²) in [5.41, 5.74) is 0.655. The Morgan fingerprint density at radius 2 is 1.75 bits per heavy atom. The van der Waals surface area contributed by atoms with Gasteiger partial charge in [0, 0.05) is 49.7 Å². The summed E-state index contributed by atoms with van der Waals surface area (Å²) in [6, 6.07) is 7.80. The largest absolute Gasteiger partial charge is 0.493 e. The molecule has 1 fully saturated rings. The second kappa shape index (κ2) is 12.7. The molecule has 196 valence electrons. The minimum Gasteiger partial charge on any atom is -0.493 e. The number of carbonyl (C=O) groups excluding carboxylic acids is 2. The monoisotopic (exact) mass is 498 g/mol. The van der Waals surface area contributed by atoms with Crippen LogP contribution in [0.1, 0.15) is 49.2 Å². The van der Waals surface area contributed by atoms with Crippen LogP contribution in [0.4, 0.5) is 0 Å². The number of ether oxygens (including phenoxy) is 3. The zero-order valence-electron chi connectivity index (χ0n) is 22.0. The van der Waals surface area contributed by atoms with Crippen molar-refractivity contribution < 1.29 is 23.8 Å². The zero-order valence-corrected chi connectivity index (χ0v) is 22.0. The van der Waals surface area contributed by atoms with Crippen molar-refractivity contribution in [3.8, 4) is 11.5 Å². The molecule has 3 rings (SSSR count). The lowest BCUT2D eigenvalue weighted by molar-refractivity contribution is -0.127. The van der Waals surface area contributed by atoms with Crippen LogP contribution in [0.2, 0.25) is 0 Å². The third-order valence-corrected chi connectivity index (χ3v) is 5.95. The molecule has 2 heterocycles. The molecule has 0 unspecified atom stereocenters. The highest BCUT2D eigenvalue weighted by atomic mass is 16.5. The molecule has 2 aromatic rings. The average molecular weight is 499 g/mol. The Morgan fingerprint density at radius 3 is 2.36 bits per heavy atom.